The summed E-state index contributed by atoms with van der Waals surface area (Å²) in [4.78, 5) is 0. The summed E-state index contributed by atoms with van der Waals surface area (Å²) < 4.78 is 253. The van der Waals surface area contributed by atoms with Crippen molar-refractivity contribution in [3.8, 4) is 33.4 Å². The maximum Gasteiger partial charge on any atom is 0.0636 e. The molecule has 0 nitrogen and oxygen atoms in total. The first-order valence-electron chi connectivity index (χ1n) is 27.0. The summed E-state index contributed by atoms with van der Waals surface area (Å²) in [6, 6.07) is -27.1. The summed E-state index contributed by atoms with van der Waals surface area (Å²) in [6.45, 7) is 0. The van der Waals surface area contributed by atoms with Gasteiger partial charge in [0.25, 0.3) is 0 Å². The molecule has 0 radical (unpaired) electrons. The maximum absolute atomic E-state index is 10.2. The molecule has 0 spiro atoms. The van der Waals surface area contributed by atoms with Crippen LogP contribution in [0.15, 0.2) is 169 Å². The van der Waals surface area contributed by atoms with Crippen LogP contribution in [0.1, 0.15) is 38.4 Å². The van der Waals surface area contributed by atoms with Gasteiger partial charge in [-0.3, -0.25) is 0 Å². The molecule has 0 aliphatic rings. The second-order valence-corrected chi connectivity index (χ2v) is 9.50. The van der Waals surface area contributed by atoms with Crippen LogP contribution in [-0.4, -0.2) is 0 Å². The quantitative estimate of drug-likeness (QED) is 0.181. The number of benzene rings is 9. The fourth-order valence-corrected chi connectivity index (χ4v) is 5.25. The molecule has 0 N–H and O–H groups in total. The third kappa shape index (κ3) is 3.85. The molecule has 0 unspecified atom stereocenters. The number of hydrogen-bond acceptors (Lipinski definition) is 0. The molecular weight excluding hydrogens is 528 g/mol. The lowest BCUT2D eigenvalue weighted by atomic mass is 9.83. The van der Waals surface area contributed by atoms with E-state index in [0.717, 1.165) is 0 Å². The fourth-order valence-electron chi connectivity index (χ4n) is 5.25. The highest BCUT2D eigenvalue weighted by molar-refractivity contribution is 6.25. The molecule has 9 rings (SSSR count). The summed E-state index contributed by atoms with van der Waals surface area (Å²) in [5.41, 5.74) is -4.97. The molecule has 0 aliphatic heterocycles. The minimum absolute atomic E-state index is 0.601. The van der Waals surface area contributed by atoms with Crippen molar-refractivity contribution in [3.63, 3.8) is 0 Å². The van der Waals surface area contributed by atoms with Crippen LogP contribution in [0.4, 0.5) is 0 Å². The highest BCUT2D eigenvalue weighted by atomic mass is 14.2. The van der Waals surface area contributed by atoms with Crippen molar-refractivity contribution in [2.45, 2.75) is 0 Å². The average molecular weight is 585 g/mol. The highest BCUT2D eigenvalue weighted by Gasteiger charge is 2.19. The van der Waals surface area contributed by atoms with Crippen molar-refractivity contribution < 1.29 is 38.4 Å². The largest absolute Gasteiger partial charge is 0.0636 e. The second kappa shape index (κ2) is 9.93. The van der Waals surface area contributed by atoms with Crippen LogP contribution in [0, 0.1) is 0 Å². The van der Waals surface area contributed by atoms with Gasteiger partial charge in [0.15, 0.2) is 0 Å². The van der Waals surface area contributed by atoms with E-state index in [2.05, 4.69) is 0 Å². The minimum Gasteiger partial charge on any atom is -0.0616 e. The van der Waals surface area contributed by atoms with Crippen LogP contribution < -0.4 is 0 Å². The fraction of sp³-hybridized carbons (Fsp3) is 0. The lowest BCUT2D eigenvalue weighted by molar-refractivity contribution is 1.66. The molecule has 0 aliphatic carbocycles. The molecular formula is C44H28. The first-order valence-corrected chi connectivity index (χ1v) is 13.0. The number of rotatable bonds is 3. The zero-order valence-electron chi connectivity index (χ0n) is 50.0. The molecule has 0 aromatic heterocycles. The Kier molecular flexibility index (Phi) is 2.18. The molecule has 0 heteroatoms. The third-order valence-electron chi connectivity index (χ3n) is 7.12. The molecule has 9 aromatic carbocycles. The van der Waals surface area contributed by atoms with Crippen molar-refractivity contribution in [2.24, 2.45) is 0 Å². The smallest absolute Gasteiger partial charge is 0.0616 e. The van der Waals surface area contributed by atoms with Crippen molar-refractivity contribution in [2.75, 3.05) is 0 Å². The van der Waals surface area contributed by atoms with E-state index in [1.165, 1.54) is 0 Å². The van der Waals surface area contributed by atoms with Crippen molar-refractivity contribution in [1.82, 2.24) is 0 Å². The Morgan fingerprint density at radius 2 is 0.705 bits per heavy atom. The number of fused-ring (bicyclic) bond motifs is 5. The van der Waals surface area contributed by atoms with E-state index >= 15 is 0 Å². The summed E-state index contributed by atoms with van der Waals surface area (Å²) in [5, 5.41) is -7.32. The summed E-state index contributed by atoms with van der Waals surface area (Å²) in [6.07, 6.45) is 0. The van der Waals surface area contributed by atoms with Gasteiger partial charge in [0.2, 0.25) is 0 Å². The molecule has 0 saturated heterocycles. The maximum atomic E-state index is 10.2. The molecule has 0 bridgehead atoms. The Morgan fingerprint density at radius 1 is 0.273 bits per heavy atom. The predicted molar refractivity (Wildman–Crippen MR) is 190 cm³/mol. The molecule has 0 fully saturated rings. The van der Waals surface area contributed by atoms with Crippen molar-refractivity contribution in [1.29, 1.82) is 0 Å². The lowest BCUT2D eigenvalue weighted by Gasteiger charge is -2.20. The molecule has 0 saturated carbocycles. The van der Waals surface area contributed by atoms with Gasteiger partial charge in [-0.05, 0) is 99.3 Å². The average Bonchev–Trinajstić information content (AvgIpc) is 3.34. The Labute approximate surface area is 295 Å². The van der Waals surface area contributed by atoms with Gasteiger partial charge in [0.1, 0.15) is 0 Å². The monoisotopic (exact) mass is 584 g/mol. The SMILES string of the molecule is [2H]c1c([2H])c([2H])c2c([2H])c(-c3c([2H])c([2H])c4c(-c5c([2H])c([2H])c([2H])c6c([2H])c([2H])c([2H])c([2H])c56)c5c([2H])c([2H])c([2H])c([2H])c5c(-c5c([2H])c([2H])c([2H])c6c([2H])c([2H])c([2H])c([2H])c56)c4c3[2H])c([2H])c([2H])c2c1[2H]. The summed E-state index contributed by atoms with van der Waals surface area (Å²) in [5.74, 6) is 0. The molecule has 44 heavy (non-hydrogen) atoms. The van der Waals surface area contributed by atoms with E-state index < -0.39 is 256 Å². The zero-order valence-corrected chi connectivity index (χ0v) is 22.0. The Balaban J connectivity index is 1.74. The van der Waals surface area contributed by atoms with Crippen LogP contribution in [0.2, 0.25) is 0 Å². The van der Waals surface area contributed by atoms with Crippen LogP contribution in [0.3, 0.4) is 0 Å². The third-order valence-corrected chi connectivity index (χ3v) is 7.12. The van der Waals surface area contributed by atoms with Crippen molar-refractivity contribution >= 4 is 53.9 Å². The van der Waals surface area contributed by atoms with Gasteiger partial charge in [-0.2, -0.15) is 0 Å². The predicted octanol–water partition coefficient (Wildman–Crippen LogP) is 12.5. The Morgan fingerprint density at radius 3 is 1.34 bits per heavy atom. The van der Waals surface area contributed by atoms with Gasteiger partial charge in [0.05, 0.1) is 38.4 Å². The van der Waals surface area contributed by atoms with Gasteiger partial charge in [-0.15, -0.1) is 0 Å². The van der Waals surface area contributed by atoms with Crippen LogP contribution in [0.5, 0.6) is 0 Å². The van der Waals surface area contributed by atoms with Gasteiger partial charge >= 0.3 is 0 Å². The van der Waals surface area contributed by atoms with E-state index in [9.17, 15) is 13.7 Å². The van der Waals surface area contributed by atoms with Crippen LogP contribution >= 0.6 is 0 Å². The Bertz CT molecular complexity index is 4110. The number of hydrogen-bond donors (Lipinski definition) is 0. The first-order chi connectivity index (χ1) is 33.5. The van der Waals surface area contributed by atoms with Crippen LogP contribution in [0.25, 0.3) is 87.2 Å². The van der Waals surface area contributed by atoms with Crippen LogP contribution in [-0.2, 0) is 0 Å². The lowest BCUT2D eigenvalue weighted by Crippen LogP contribution is -1.93. The normalized spacial score (nSPS) is 20.5. The minimum atomic E-state index is -1.13. The van der Waals surface area contributed by atoms with E-state index in [1.54, 1.807) is 0 Å². The van der Waals surface area contributed by atoms with E-state index in [1.807, 2.05) is 0 Å². The van der Waals surface area contributed by atoms with E-state index in [4.69, 9.17) is 24.7 Å². The van der Waals surface area contributed by atoms with E-state index in [-0.39, 0.29) is 0 Å². The first kappa shape index (κ1) is 9.64. The van der Waals surface area contributed by atoms with Gasteiger partial charge in [0, 0.05) is 0 Å². The summed E-state index contributed by atoms with van der Waals surface area (Å²) in [7, 11) is 0. The highest BCUT2D eigenvalue weighted by Crippen LogP contribution is 2.47. The van der Waals surface area contributed by atoms with Gasteiger partial charge in [-0.25, -0.2) is 0 Å². The van der Waals surface area contributed by atoms with Gasteiger partial charge in [-0.1, -0.05) is 157 Å². The molecule has 0 heterocycles. The second-order valence-electron chi connectivity index (χ2n) is 9.50. The van der Waals surface area contributed by atoms with Crippen molar-refractivity contribution in [3.05, 3.63) is 169 Å². The molecule has 0 amide bonds. The van der Waals surface area contributed by atoms with Gasteiger partial charge < -0.3 is 0 Å². The standard InChI is InChI=1S/C44H28/c1-2-14-32-27-33(24-23-29(32)11-1)34-25-26-41-42(28-34)44(38-22-10-16-31-13-4-6-18-36(31)38)40-20-8-7-19-39(40)43(41)37-21-9-15-30-12-3-5-17-35(30)37/h1-28H/i1D,2D,3D,4D,5D,6D,7D,8D,9D,10D,11D,12D,13D,14D,15D,16D,17D,18D,19D,20D,21D,22D,23D,24D,25D,26D,27D,28D. The zero-order chi connectivity index (χ0) is 53.4. The van der Waals surface area contributed by atoms with E-state index in [0.29, 0.717) is 0 Å². The molecule has 204 valence electrons. The summed E-state index contributed by atoms with van der Waals surface area (Å²) >= 11 is 0. The molecule has 0 atom stereocenters. The topological polar surface area (TPSA) is 0 Å². The Hall–Kier alpha value is -5.72. The molecule has 9 aromatic rings.